The molecule has 0 bridgehead atoms. The number of methoxy groups -OCH3 is 2. The molecule has 1 aliphatic carbocycles. The highest BCUT2D eigenvalue weighted by Gasteiger charge is 2.36. The normalized spacial score (nSPS) is 17.0. The molecule has 1 aromatic heterocycles. The second-order valence-corrected chi connectivity index (χ2v) is 10.3. The zero-order valence-electron chi connectivity index (χ0n) is 20.1. The van der Waals surface area contributed by atoms with Gasteiger partial charge >= 0.3 is 0 Å². The van der Waals surface area contributed by atoms with Crippen molar-refractivity contribution in [2.75, 3.05) is 50.6 Å². The molecule has 5 rings (SSSR count). The number of anilines is 2. The molecule has 0 radical (unpaired) electrons. The lowest BCUT2D eigenvalue weighted by molar-refractivity contribution is -0.133. The maximum Gasteiger partial charge on any atom is 0.257 e. The van der Waals surface area contributed by atoms with Crippen molar-refractivity contribution in [2.45, 2.75) is 18.8 Å². The molecule has 8 nitrogen and oxygen atoms in total. The van der Waals surface area contributed by atoms with Crippen LogP contribution >= 0.6 is 22.9 Å². The van der Waals surface area contributed by atoms with E-state index in [9.17, 15) is 9.59 Å². The number of carbonyl (C=O) groups is 2. The van der Waals surface area contributed by atoms with Crippen molar-refractivity contribution in [3.8, 4) is 11.5 Å². The number of halogens is 1. The van der Waals surface area contributed by atoms with Gasteiger partial charge in [-0.1, -0.05) is 17.7 Å². The number of carbonyl (C=O) groups excluding carboxylic acids is 2. The SMILES string of the molecule is COc1cc(OC)cc(C(=O)Nc2nc3c(s2)CCC3C(=O)N2CCN(c3cccc(Cl)c3)CC2)c1. The monoisotopic (exact) mass is 526 g/mol. The number of nitrogens with one attached hydrogen (secondary N) is 1. The van der Waals surface area contributed by atoms with E-state index in [1.165, 1.54) is 25.6 Å². The highest BCUT2D eigenvalue weighted by Crippen LogP contribution is 2.39. The van der Waals surface area contributed by atoms with Gasteiger partial charge in [0.05, 0.1) is 25.8 Å². The second kappa shape index (κ2) is 10.4. The summed E-state index contributed by atoms with van der Waals surface area (Å²) in [6, 6.07) is 12.8. The maximum absolute atomic E-state index is 13.4. The van der Waals surface area contributed by atoms with Gasteiger partial charge in [0.15, 0.2) is 5.13 Å². The number of aryl methyl sites for hydroxylation is 1. The predicted octanol–water partition coefficient (Wildman–Crippen LogP) is 4.44. The van der Waals surface area contributed by atoms with Crippen LogP contribution in [0.1, 0.15) is 33.3 Å². The van der Waals surface area contributed by atoms with Gasteiger partial charge in [-0.25, -0.2) is 4.98 Å². The molecule has 1 aliphatic heterocycles. The summed E-state index contributed by atoms with van der Waals surface area (Å²) >= 11 is 7.57. The molecule has 2 aliphatic rings. The third kappa shape index (κ3) is 4.99. The van der Waals surface area contributed by atoms with Crippen LogP contribution in [-0.2, 0) is 11.2 Å². The van der Waals surface area contributed by atoms with Crippen LogP contribution in [0.3, 0.4) is 0 Å². The van der Waals surface area contributed by atoms with Gasteiger partial charge in [0.2, 0.25) is 5.91 Å². The third-order valence-corrected chi connectivity index (χ3v) is 7.90. The molecular weight excluding hydrogens is 500 g/mol. The van der Waals surface area contributed by atoms with Gasteiger partial charge in [0.1, 0.15) is 11.5 Å². The number of benzene rings is 2. The van der Waals surface area contributed by atoms with Gasteiger partial charge in [-0.15, -0.1) is 11.3 Å². The summed E-state index contributed by atoms with van der Waals surface area (Å²) in [6.45, 7) is 2.83. The first-order valence-electron chi connectivity index (χ1n) is 11.8. The zero-order valence-corrected chi connectivity index (χ0v) is 21.7. The van der Waals surface area contributed by atoms with E-state index in [0.717, 1.165) is 42.2 Å². The number of ether oxygens (including phenoxy) is 2. The number of hydrogen-bond donors (Lipinski definition) is 1. The first-order chi connectivity index (χ1) is 17.4. The van der Waals surface area contributed by atoms with Gasteiger partial charge in [0, 0.05) is 53.4 Å². The number of piperazine rings is 1. The van der Waals surface area contributed by atoms with E-state index < -0.39 is 0 Å². The molecule has 2 heterocycles. The standard InChI is InChI=1S/C26H27ClN4O4S/c1-34-19-12-16(13-20(15-19)35-2)24(32)29-26-28-23-21(6-7-22(23)36-26)25(33)31-10-8-30(9-11-31)18-5-3-4-17(27)14-18/h3-5,12-15,21H,6-11H2,1-2H3,(H,28,29,32). The molecule has 0 saturated carbocycles. The number of fused-ring (bicyclic) bond motifs is 1. The Bertz CT molecular complexity index is 1270. The average molecular weight is 527 g/mol. The molecule has 2 aromatic carbocycles. The Labute approximate surface area is 218 Å². The summed E-state index contributed by atoms with van der Waals surface area (Å²) in [6.07, 6.45) is 1.54. The summed E-state index contributed by atoms with van der Waals surface area (Å²) < 4.78 is 10.5. The van der Waals surface area contributed by atoms with Crippen LogP contribution in [0.15, 0.2) is 42.5 Å². The van der Waals surface area contributed by atoms with Crippen molar-refractivity contribution in [2.24, 2.45) is 0 Å². The van der Waals surface area contributed by atoms with Crippen LogP contribution < -0.4 is 19.7 Å². The number of amides is 2. The van der Waals surface area contributed by atoms with Crippen molar-refractivity contribution in [3.05, 3.63) is 63.6 Å². The highest BCUT2D eigenvalue weighted by atomic mass is 35.5. The zero-order chi connectivity index (χ0) is 25.2. The molecule has 10 heteroatoms. The quantitative estimate of drug-likeness (QED) is 0.511. The Morgan fingerprint density at radius 1 is 1.06 bits per heavy atom. The van der Waals surface area contributed by atoms with Gasteiger partial charge < -0.3 is 19.3 Å². The van der Waals surface area contributed by atoms with Crippen molar-refractivity contribution < 1.29 is 19.1 Å². The van der Waals surface area contributed by atoms with Gasteiger partial charge in [-0.05, 0) is 43.2 Å². The van der Waals surface area contributed by atoms with E-state index in [4.69, 9.17) is 21.1 Å². The molecule has 0 spiro atoms. The summed E-state index contributed by atoms with van der Waals surface area (Å²) in [5.41, 5.74) is 2.28. The van der Waals surface area contributed by atoms with E-state index in [0.29, 0.717) is 40.3 Å². The lowest BCUT2D eigenvalue weighted by Crippen LogP contribution is -2.50. The van der Waals surface area contributed by atoms with Gasteiger partial charge in [0.25, 0.3) is 5.91 Å². The van der Waals surface area contributed by atoms with Crippen LogP contribution in [-0.4, -0.2) is 62.1 Å². The number of nitrogens with zero attached hydrogens (tertiary/aromatic N) is 3. The molecule has 1 fully saturated rings. The highest BCUT2D eigenvalue weighted by molar-refractivity contribution is 7.16. The summed E-state index contributed by atoms with van der Waals surface area (Å²) in [7, 11) is 3.08. The van der Waals surface area contributed by atoms with Crippen LogP contribution in [0.25, 0.3) is 0 Å². The fraction of sp³-hybridized carbons (Fsp3) is 0.346. The largest absolute Gasteiger partial charge is 0.497 e. The maximum atomic E-state index is 13.4. The van der Waals surface area contributed by atoms with Crippen molar-refractivity contribution >= 4 is 45.6 Å². The fourth-order valence-corrected chi connectivity index (χ4v) is 5.93. The molecule has 188 valence electrons. The second-order valence-electron chi connectivity index (χ2n) is 8.77. The molecule has 2 amide bonds. The van der Waals surface area contributed by atoms with Crippen LogP contribution in [0, 0.1) is 0 Å². The fourth-order valence-electron chi connectivity index (χ4n) is 4.71. The predicted molar refractivity (Wildman–Crippen MR) is 141 cm³/mol. The Morgan fingerprint density at radius 2 is 1.78 bits per heavy atom. The minimum Gasteiger partial charge on any atom is -0.497 e. The smallest absolute Gasteiger partial charge is 0.257 e. The molecule has 36 heavy (non-hydrogen) atoms. The lowest BCUT2D eigenvalue weighted by Gasteiger charge is -2.37. The summed E-state index contributed by atoms with van der Waals surface area (Å²) in [5.74, 6) is 0.598. The van der Waals surface area contributed by atoms with Gasteiger partial charge in [-0.2, -0.15) is 0 Å². The third-order valence-electron chi connectivity index (χ3n) is 6.61. The van der Waals surface area contributed by atoms with Crippen LogP contribution in [0.4, 0.5) is 10.8 Å². The molecule has 3 aromatic rings. The van der Waals surface area contributed by atoms with Crippen molar-refractivity contribution in [1.82, 2.24) is 9.88 Å². The lowest BCUT2D eigenvalue weighted by atomic mass is 10.1. The first-order valence-corrected chi connectivity index (χ1v) is 13.0. The Kier molecular flexibility index (Phi) is 7.02. The molecule has 1 saturated heterocycles. The van der Waals surface area contributed by atoms with E-state index in [2.05, 4.69) is 15.2 Å². The number of aromatic nitrogens is 1. The van der Waals surface area contributed by atoms with Crippen molar-refractivity contribution in [1.29, 1.82) is 0 Å². The molecular formula is C26H27ClN4O4S. The first kappa shape index (κ1) is 24.4. The number of hydrogen-bond acceptors (Lipinski definition) is 7. The van der Waals surface area contributed by atoms with E-state index >= 15 is 0 Å². The number of rotatable bonds is 6. The molecule has 1 unspecified atom stereocenters. The van der Waals surface area contributed by atoms with E-state index in [1.807, 2.05) is 29.2 Å². The van der Waals surface area contributed by atoms with Crippen LogP contribution in [0.2, 0.25) is 5.02 Å². The average Bonchev–Trinajstić information content (AvgIpc) is 3.48. The Hall–Kier alpha value is -3.30. The minimum atomic E-state index is -0.306. The minimum absolute atomic E-state index is 0.111. The van der Waals surface area contributed by atoms with Crippen molar-refractivity contribution in [3.63, 3.8) is 0 Å². The summed E-state index contributed by atoms with van der Waals surface area (Å²) in [5, 5.41) is 4.08. The molecule has 1 atom stereocenters. The Morgan fingerprint density at radius 3 is 2.44 bits per heavy atom. The van der Waals surface area contributed by atoms with Gasteiger partial charge in [-0.3, -0.25) is 14.9 Å². The number of thiazole rings is 1. The van der Waals surface area contributed by atoms with Crippen LogP contribution in [0.5, 0.6) is 11.5 Å². The van der Waals surface area contributed by atoms with E-state index in [-0.39, 0.29) is 17.7 Å². The van der Waals surface area contributed by atoms with E-state index in [1.54, 1.807) is 18.2 Å². The Balaban J connectivity index is 1.24. The summed E-state index contributed by atoms with van der Waals surface area (Å²) in [4.78, 5) is 36.2. The molecule has 1 N–H and O–H groups in total. The topological polar surface area (TPSA) is 84.0 Å².